The van der Waals surface area contributed by atoms with Crippen LogP contribution in [0, 0.1) is 5.92 Å². The van der Waals surface area contributed by atoms with Gasteiger partial charge < -0.3 is 10.6 Å². The summed E-state index contributed by atoms with van der Waals surface area (Å²) in [6, 6.07) is 3.69. The molecule has 1 fully saturated rings. The number of carbonyl (C=O) groups is 1. The van der Waals surface area contributed by atoms with E-state index in [-0.39, 0.29) is 11.8 Å². The Morgan fingerprint density at radius 1 is 1.14 bits per heavy atom. The molecular formula is C16H26N4O. The van der Waals surface area contributed by atoms with Gasteiger partial charge in [-0.05, 0) is 31.4 Å². The summed E-state index contributed by atoms with van der Waals surface area (Å²) in [5.74, 6) is 1.55. The lowest BCUT2D eigenvalue weighted by Gasteiger charge is -2.20. The molecule has 0 unspecified atom stereocenters. The maximum absolute atomic E-state index is 12.1. The van der Waals surface area contributed by atoms with Crippen LogP contribution in [0.15, 0.2) is 12.1 Å². The fraction of sp³-hybridized carbons (Fsp3) is 0.688. The number of unbranched alkanes of at least 4 members (excludes halogenated alkanes) is 2. The Balaban J connectivity index is 1.77. The van der Waals surface area contributed by atoms with Crippen LogP contribution in [0.4, 0.5) is 11.6 Å². The van der Waals surface area contributed by atoms with Gasteiger partial charge >= 0.3 is 0 Å². The third kappa shape index (κ3) is 5.33. The van der Waals surface area contributed by atoms with Crippen LogP contribution in [-0.2, 0) is 4.79 Å². The molecule has 1 heterocycles. The second-order valence-corrected chi connectivity index (χ2v) is 5.76. The van der Waals surface area contributed by atoms with Gasteiger partial charge in [-0.3, -0.25) is 4.79 Å². The van der Waals surface area contributed by atoms with Crippen molar-refractivity contribution in [3.8, 4) is 0 Å². The van der Waals surface area contributed by atoms with E-state index >= 15 is 0 Å². The highest BCUT2D eigenvalue weighted by Crippen LogP contribution is 2.24. The highest BCUT2D eigenvalue weighted by atomic mass is 16.1. The predicted molar refractivity (Wildman–Crippen MR) is 85.3 cm³/mol. The minimum Gasteiger partial charge on any atom is -0.369 e. The molecule has 0 spiro atoms. The first-order valence-corrected chi connectivity index (χ1v) is 8.18. The van der Waals surface area contributed by atoms with Crippen molar-refractivity contribution in [3.63, 3.8) is 0 Å². The number of aromatic nitrogens is 2. The maximum atomic E-state index is 12.1. The zero-order chi connectivity index (χ0) is 14.9. The summed E-state index contributed by atoms with van der Waals surface area (Å²) in [4.78, 5) is 12.1. The van der Waals surface area contributed by atoms with Crippen molar-refractivity contribution in [1.29, 1.82) is 0 Å². The second-order valence-electron chi connectivity index (χ2n) is 5.76. The van der Waals surface area contributed by atoms with Gasteiger partial charge in [0.05, 0.1) is 0 Å². The van der Waals surface area contributed by atoms with Gasteiger partial charge in [-0.2, -0.15) is 0 Å². The number of anilines is 2. The molecule has 0 radical (unpaired) electrons. The zero-order valence-electron chi connectivity index (χ0n) is 12.9. The lowest BCUT2D eigenvalue weighted by Crippen LogP contribution is -2.25. The van der Waals surface area contributed by atoms with Crippen LogP contribution in [0.5, 0.6) is 0 Å². The van der Waals surface area contributed by atoms with Gasteiger partial charge in [0.15, 0.2) is 5.82 Å². The Kier molecular flexibility index (Phi) is 6.44. The fourth-order valence-corrected chi connectivity index (χ4v) is 2.68. The average molecular weight is 290 g/mol. The first-order valence-electron chi connectivity index (χ1n) is 8.18. The fourth-order valence-electron chi connectivity index (χ4n) is 2.68. The Morgan fingerprint density at radius 2 is 1.86 bits per heavy atom. The number of rotatable bonds is 7. The average Bonchev–Trinajstić information content (AvgIpc) is 2.54. The highest BCUT2D eigenvalue weighted by Gasteiger charge is 2.21. The van der Waals surface area contributed by atoms with E-state index in [2.05, 4.69) is 27.8 Å². The lowest BCUT2D eigenvalue weighted by molar-refractivity contribution is -0.120. The molecule has 1 saturated carbocycles. The summed E-state index contributed by atoms with van der Waals surface area (Å²) in [5.41, 5.74) is 0. The first-order chi connectivity index (χ1) is 10.3. The minimum atomic E-state index is 0.0904. The molecule has 1 amide bonds. The Bertz CT molecular complexity index is 426. The summed E-state index contributed by atoms with van der Waals surface area (Å²) in [6.07, 6.45) is 9.12. The molecule has 5 nitrogen and oxygen atoms in total. The van der Waals surface area contributed by atoms with Gasteiger partial charge in [-0.25, -0.2) is 0 Å². The first kappa shape index (κ1) is 15.7. The molecule has 1 aliphatic rings. The summed E-state index contributed by atoms with van der Waals surface area (Å²) in [6.45, 7) is 3.10. The van der Waals surface area contributed by atoms with E-state index in [9.17, 15) is 4.79 Å². The van der Waals surface area contributed by atoms with E-state index in [0.29, 0.717) is 5.82 Å². The number of amides is 1. The smallest absolute Gasteiger partial charge is 0.228 e. The molecule has 0 bridgehead atoms. The zero-order valence-corrected chi connectivity index (χ0v) is 12.9. The van der Waals surface area contributed by atoms with E-state index in [4.69, 9.17) is 0 Å². The largest absolute Gasteiger partial charge is 0.369 e. The van der Waals surface area contributed by atoms with Crippen LogP contribution in [0.25, 0.3) is 0 Å². The third-order valence-electron chi connectivity index (χ3n) is 3.98. The quantitative estimate of drug-likeness (QED) is 0.753. The molecule has 5 heteroatoms. The van der Waals surface area contributed by atoms with Crippen molar-refractivity contribution < 1.29 is 4.79 Å². The topological polar surface area (TPSA) is 66.9 Å². The third-order valence-corrected chi connectivity index (χ3v) is 3.98. The van der Waals surface area contributed by atoms with Gasteiger partial charge in [-0.15, -0.1) is 10.2 Å². The van der Waals surface area contributed by atoms with Crippen molar-refractivity contribution >= 4 is 17.5 Å². The number of hydrogen-bond acceptors (Lipinski definition) is 4. The molecule has 0 atom stereocenters. The van der Waals surface area contributed by atoms with E-state index in [1.165, 1.54) is 19.3 Å². The Morgan fingerprint density at radius 3 is 2.52 bits per heavy atom. The molecular weight excluding hydrogens is 264 g/mol. The van der Waals surface area contributed by atoms with Crippen molar-refractivity contribution in [1.82, 2.24) is 10.2 Å². The van der Waals surface area contributed by atoms with Crippen LogP contribution in [0.1, 0.15) is 58.3 Å². The molecule has 0 saturated heterocycles. The molecule has 0 aromatic carbocycles. The van der Waals surface area contributed by atoms with Gasteiger partial charge in [-0.1, -0.05) is 39.0 Å². The van der Waals surface area contributed by atoms with Crippen molar-refractivity contribution in [2.75, 3.05) is 17.2 Å². The molecule has 0 aliphatic heterocycles. The maximum Gasteiger partial charge on any atom is 0.228 e. The van der Waals surface area contributed by atoms with Gasteiger partial charge in [0.1, 0.15) is 5.82 Å². The van der Waals surface area contributed by atoms with Gasteiger partial charge in [0.2, 0.25) is 5.91 Å². The number of hydrogen-bond donors (Lipinski definition) is 2. The standard InChI is InChI=1S/C16H26N4O/c1-2-3-7-12-17-14-10-11-15(20-19-14)18-16(21)13-8-5-4-6-9-13/h10-11,13H,2-9,12H2,1H3,(H,17,19)(H,18,20,21). The molecule has 116 valence electrons. The van der Waals surface area contributed by atoms with Crippen LogP contribution in [0.3, 0.4) is 0 Å². The SMILES string of the molecule is CCCCCNc1ccc(NC(=O)C2CCCCC2)nn1. The van der Waals surface area contributed by atoms with E-state index in [0.717, 1.165) is 44.5 Å². The lowest BCUT2D eigenvalue weighted by atomic mass is 9.89. The molecule has 2 N–H and O–H groups in total. The Hall–Kier alpha value is -1.65. The summed E-state index contributed by atoms with van der Waals surface area (Å²) in [7, 11) is 0. The van der Waals surface area contributed by atoms with Crippen molar-refractivity contribution in [2.24, 2.45) is 5.92 Å². The Labute approximate surface area is 126 Å². The van der Waals surface area contributed by atoms with Crippen LogP contribution in [-0.4, -0.2) is 22.6 Å². The number of nitrogens with one attached hydrogen (secondary N) is 2. The van der Waals surface area contributed by atoms with Gasteiger partial charge in [0, 0.05) is 12.5 Å². The van der Waals surface area contributed by atoms with E-state index < -0.39 is 0 Å². The number of nitrogens with zero attached hydrogens (tertiary/aromatic N) is 2. The van der Waals surface area contributed by atoms with Crippen LogP contribution < -0.4 is 10.6 Å². The molecule has 1 aliphatic carbocycles. The molecule has 1 aromatic heterocycles. The van der Waals surface area contributed by atoms with Gasteiger partial charge in [0.25, 0.3) is 0 Å². The second kappa shape index (κ2) is 8.60. The number of carbonyl (C=O) groups excluding carboxylic acids is 1. The molecule has 2 rings (SSSR count). The van der Waals surface area contributed by atoms with Crippen LogP contribution >= 0.6 is 0 Å². The molecule has 1 aromatic rings. The normalized spacial score (nSPS) is 15.7. The van der Waals surface area contributed by atoms with Crippen molar-refractivity contribution in [3.05, 3.63) is 12.1 Å². The summed E-state index contributed by atoms with van der Waals surface area (Å²) < 4.78 is 0. The van der Waals surface area contributed by atoms with E-state index in [1.54, 1.807) is 0 Å². The van der Waals surface area contributed by atoms with E-state index in [1.807, 2.05) is 12.1 Å². The highest BCUT2D eigenvalue weighted by molar-refractivity contribution is 5.91. The van der Waals surface area contributed by atoms with Crippen LogP contribution in [0.2, 0.25) is 0 Å². The molecule has 21 heavy (non-hydrogen) atoms. The minimum absolute atomic E-state index is 0.0904. The van der Waals surface area contributed by atoms with Crippen molar-refractivity contribution in [2.45, 2.75) is 58.3 Å². The monoisotopic (exact) mass is 290 g/mol. The summed E-state index contributed by atoms with van der Waals surface area (Å²) >= 11 is 0. The summed E-state index contributed by atoms with van der Waals surface area (Å²) in [5, 5.41) is 14.3. The predicted octanol–water partition coefficient (Wildman–Crippen LogP) is 3.60.